The molecule has 2 aromatic heterocycles. The van der Waals surface area contributed by atoms with Gasteiger partial charge in [0.1, 0.15) is 0 Å². The number of hydrogen-bond donors (Lipinski definition) is 1. The first-order valence-corrected chi connectivity index (χ1v) is 8.03. The molecule has 3 heterocycles. The Hall–Kier alpha value is -2.42. The molecule has 1 N–H and O–H groups in total. The molecule has 1 aliphatic heterocycles. The molecular formula is C14H17N5O3S. The normalized spacial score (nSPS) is 17.3. The minimum absolute atomic E-state index is 0.00414. The summed E-state index contributed by atoms with van der Waals surface area (Å²) in [4.78, 5) is 27.0. The van der Waals surface area contributed by atoms with E-state index in [2.05, 4.69) is 15.5 Å². The van der Waals surface area contributed by atoms with Crippen LogP contribution in [0.4, 0.5) is 9.93 Å². The number of furan rings is 1. The van der Waals surface area contributed by atoms with Crippen LogP contribution in [0.15, 0.2) is 22.8 Å². The van der Waals surface area contributed by atoms with Gasteiger partial charge in [-0.15, -0.1) is 10.2 Å². The van der Waals surface area contributed by atoms with Gasteiger partial charge in [-0.25, -0.2) is 4.79 Å². The first-order chi connectivity index (χ1) is 11.0. The largest absolute Gasteiger partial charge is 0.462 e. The zero-order valence-corrected chi connectivity index (χ0v) is 13.7. The fourth-order valence-electron chi connectivity index (χ4n) is 2.44. The smallest absolute Gasteiger partial charge is 0.323 e. The molecule has 0 aromatic carbocycles. The number of aromatic nitrogens is 2. The third-order valence-electron chi connectivity index (χ3n) is 3.87. The van der Waals surface area contributed by atoms with Gasteiger partial charge in [0, 0.05) is 27.1 Å². The highest BCUT2D eigenvalue weighted by Gasteiger charge is 2.30. The van der Waals surface area contributed by atoms with Gasteiger partial charge in [0.2, 0.25) is 11.0 Å². The van der Waals surface area contributed by atoms with Crippen molar-refractivity contribution in [2.24, 2.45) is 0 Å². The number of hydrogen-bond acceptors (Lipinski definition) is 6. The third kappa shape index (κ3) is 3.34. The van der Waals surface area contributed by atoms with Crippen molar-refractivity contribution in [2.45, 2.75) is 19.4 Å². The van der Waals surface area contributed by atoms with E-state index in [0.29, 0.717) is 29.0 Å². The second-order valence-corrected chi connectivity index (χ2v) is 6.32. The van der Waals surface area contributed by atoms with Gasteiger partial charge >= 0.3 is 6.03 Å². The molecule has 1 fully saturated rings. The summed E-state index contributed by atoms with van der Waals surface area (Å²) in [6.45, 7) is 2.66. The Bertz CT molecular complexity index is 699. The van der Waals surface area contributed by atoms with Crippen LogP contribution in [0.2, 0.25) is 0 Å². The molecule has 23 heavy (non-hydrogen) atoms. The van der Waals surface area contributed by atoms with Gasteiger partial charge in [-0.1, -0.05) is 11.3 Å². The summed E-state index contributed by atoms with van der Waals surface area (Å²) < 4.78 is 5.25. The Morgan fingerprint density at radius 1 is 1.48 bits per heavy atom. The molecular weight excluding hydrogens is 318 g/mol. The van der Waals surface area contributed by atoms with Crippen LogP contribution in [0.25, 0.3) is 10.8 Å². The highest BCUT2D eigenvalue weighted by Crippen LogP contribution is 2.27. The third-order valence-corrected chi connectivity index (χ3v) is 4.72. The van der Waals surface area contributed by atoms with Crippen LogP contribution in [-0.2, 0) is 4.79 Å². The Labute approximate surface area is 137 Å². The zero-order chi connectivity index (χ0) is 16.4. The summed E-state index contributed by atoms with van der Waals surface area (Å²) in [5, 5.41) is 11.7. The average Bonchev–Trinajstić information content (AvgIpc) is 3.26. The van der Waals surface area contributed by atoms with Crippen LogP contribution < -0.4 is 5.32 Å². The molecule has 0 bridgehead atoms. The van der Waals surface area contributed by atoms with Gasteiger partial charge in [0.15, 0.2) is 10.8 Å². The number of nitrogens with one attached hydrogen (secondary N) is 1. The van der Waals surface area contributed by atoms with Crippen molar-refractivity contribution in [2.75, 3.05) is 25.5 Å². The van der Waals surface area contributed by atoms with Crippen LogP contribution in [0, 0.1) is 0 Å². The second-order valence-electron chi connectivity index (χ2n) is 5.34. The lowest BCUT2D eigenvalue weighted by atomic mass is 10.2. The van der Waals surface area contributed by atoms with Gasteiger partial charge in [0.05, 0.1) is 12.3 Å². The van der Waals surface area contributed by atoms with Crippen molar-refractivity contribution in [3.05, 3.63) is 18.4 Å². The minimum Gasteiger partial charge on any atom is -0.462 e. The van der Waals surface area contributed by atoms with E-state index in [4.69, 9.17) is 4.42 Å². The van der Waals surface area contributed by atoms with Gasteiger partial charge < -0.3 is 14.2 Å². The summed E-state index contributed by atoms with van der Waals surface area (Å²) in [6.07, 6.45) is 2.34. The quantitative estimate of drug-likeness (QED) is 0.925. The van der Waals surface area contributed by atoms with Crippen molar-refractivity contribution in [3.8, 4) is 10.8 Å². The Morgan fingerprint density at radius 3 is 3.00 bits per heavy atom. The molecule has 2 aromatic rings. The first-order valence-electron chi connectivity index (χ1n) is 7.21. The van der Waals surface area contributed by atoms with Crippen LogP contribution in [0.1, 0.15) is 13.3 Å². The minimum atomic E-state index is -0.230. The number of carbonyl (C=O) groups excluding carboxylic acids is 2. The molecule has 1 unspecified atom stereocenters. The van der Waals surface area contributed by atoms with Gasteiger partial charge in [0.25, 0.3) is 0 Å². The molecule has 3 amide bonds. The van der Waals surface area contributed by atoms with E-state index in [0.717, 1.165) is 6.42 Å². The monoisotopic (exact) mass is 335 g/mol. The number of carbonyl (C=O) groups is 2. The molecule has 0 saturated carbocycles. The predicted molar refractivity (Wildman–Crippen MR) is 85.1 cm³/mol. The van der Waals surface area contributed by atoms with Crippen LogP contribution >= 0.6 is 11.3 Å². The lowest BCUT2D eigenvalue weighted by Gasteiger charge is -2.23. The topological polar surface area (TPSA) is 91.6 Å². The zero-order valence-electron chi connectivity index (χ0n) is 12.9. The summed E-state index contributed by atoms with van der Waals surface area (Å²) in [5.41, 5.74) is 0. The maximum Gasteiger partial charge on any atom is 0.323 e. The van der Waals surface area contributed by atoms with Crippen LogP contribution in [0.3, 0.4) is 0 Å². The molecule has 1 saturated heterocycles. The molecule has 1 aliphatic rings. The van der Waals surface area contributed by atoms with Crippen molar-refractivity contribution >= 4 is 28.4 Å². The maximum absolute atomic E-state index is 12.3. The maximum atomic E-state index is 12.3. The fourth-order valence-corrected chi connectivity index (χ4v) is 3.15. The molecule has 1 atom stereocenters. The Kier molecular flexibility index (Phi) is 4.28. The van der Waals surface area contributed by atoms with Crippen molar-refractivity contribution in [1.29, 1.82) is 0 Å². The average molecular weight is 335 g/mol. The highest BCUT2D eigenvalue weighted by molar-refractivity contribution is 7.18. The van der Waals surface area contributed by atoms with E-state index in [1.54, 1.807) is 35.2 Å². The van der Waals surface area contributed by atoms with Crippen molar-refractivity contribution in [3.63, 3.8) is 0 Å². The number of anilines is 1. The molecule has 122 valence electrons. The van der Waals surface area contributed by atoms with Gasteiger partial charge in [-0.2, -0.15) is 0 Å². The summed E-state index contributed by atoms with van der Waals surface area (Å²) in [5.74, 6) is 0.622. The van der Waals surface area contributed by atoms with Crippen LogP contribution in [0.5, 0.6) is 0 Å². The van der Waals surface area contributed by atoms with Gasteiger partial charge in [-0.3, -0.25) is 10.1 Å². The van der Waals surface area contributed by atoms with E-state index in [9.17, 15) is 9.59 Å². The molecule has 8 nitrogen and oxygen atoms in total. The molecule has 3 rings (SSSR count). The number of likely N-dealkylation sites (N-methyl/N-ethyl adjacent to an activating group) is 1. The lowest BCUT2D eigenvalue weighted by molar-refractivity contribution is -0.129. The van der Waals surface area contributed by atoms with E-state index < -0.39 is 0 Å². The standard InChI is InChI=1S/C14H17N5O3S/c1-9(20)18(2)10-5-6-19(8-10)14(21)15-13-17-16-12(23-13)11-4-3-7-22-11/h3-4,7,10H,5-6,8H2,1-2H3,(H,15,17,21). The van der Waals surface area contributed by atoms with E-state index in [1.165, 1.54) is 18.3 Å². The number of rotatable bonds is 3. The Balaban J connectivity index is 1.59. The van der Waals surface area contributed by atoms with E-state index >= 15 is 0 Å². The van der Waals surface area contributed by atoms with Crippen LogP contribution in [-0.4, -0.2) is 58.1 Å². The molecule has 0 radical (unpaired) electrons. The number of amides is 3. The summed E-state index contributed by atoms with van der Waals surface area (Å²) >= 11 is 1.25. The highest BCUT2D eigenvalue weighted by atomic mass is 32.1. The molecule has 9 heteroatoms. The predicted octanol–water partition coefficient (Wildman–Crippen LogP) is 1.88. The van der Waals surface area contributed by atoms with Crippen molar-refractivity contribution in [1.82, 2.24) is 20.0 Å². The van der Waals surface area contributed by atoms with E-state index in [-0.39, 0.29) is 18.0 Å². The van der Waals surface area contributed by atoms with Crippen molar-refractivity contribution < 1.29 is 14.0 Å². The second kappa shape index (κ2) is 6.37. The number of nitrogens with zero attached hydrogens (tertiary/aromatic N) is 4. The lowest BCUT2D eigenvalue weighted by Crippen LogP contribution is -2.40. The first kappa shape index (κ1) is 15.5. The summed E-state index contributed by atoms with van der Waals surface area (Å²) in [7, 11) is 1.76. The fraction of sp³-hybridized carbons (Fsp3) is 0.429. The SMILES string of the molecule is CC(=O)N(C)C1CCN(C(=O)Nc2nnc(-c3ccco3)s2)C1. The number of likely N-dealkylation sites (tertiary alicyclic amines) is 1. The van der Waals surface area contributed by atoms with Gasteiger partial charge in [-0.05, 0) is 18.6 Å². The van der Waals surface area contributed by atoms with E-state index in [1.807, 2.05) is 0 Å². The summed E-state index contributed by atoms with van der Waals surface area (Å²) in [6, 6.07) is 3.39. The molecule has 0 spiro atoms. The molecule has 0 aliphatic carbocycles. The number of urea groups is 1. The Morgan fingerprint density at radius 2 is 2.30 bits per heavy atom.